The van der Waals surface area contributed by atoms with Crippen molar-refractivity contribution in [2.45, 2.75) is 44.7 Å². The van der Waals surface area contributed by atoms with Crippen molar-refractivity contribution in [3.8, 4) is 0 Å². The quantitative estimate of drug-likeness (QED) is 0.828. The van der Waals surface area contributed by atoms with Crippen molar-refractivity contribution in [1.29, 1.82) is 0 Å². The maximum Gasteiger partial charge on any atom is 0.0582 e. The van der Waals surface area contributed by atoms with E-state index in [1.165, 1.54) is 30.6 Å². The van der Waals surface area contributed by atoms with Gasteiger partial charge in [-0.15, -0.1) is 11.3 Å². The molecule has 2 atom stereocenters. The fourth-order valence-electron chi connectivity index (χ4n) is 2.57. The summed E-state index contributed by atoms with van der Waals surface area (Å²) in [7, 11) is 0. The Morgan fingerprint density at radius 2 is 2.25 bits per heavy atom. The molecule has 2 rings (SSSR count). The van der Waals surface area contributed by atoms with E-state index < -0.39 is 0 Å². The lowest BCUT2D eigenvalue weighted by atomic mass is 9.96. The predicted octanol–water partition coefficient (Wildman–Crippen LogP) is 2.95. The molecule has 16 heavy (non-hydrogen) atoms. The highest BCUT2D eigenvalue weighted by Crippen LogP contribution is 2.37. The van der Waals surface area contributed by atoms with Gasteiger partial charge >= 0.3 is 0 Å². The van der Waals surface area contributed by atoms with Gasteiger partial charge in [0.2, 0.25) is 0 Å². The Balaban J connectivity index is 2.06. The van der Waals surface area contributed by atoms with Crippen LogP contribution in [0, 0.1) is 5.92 Å². The standard InChI is InChI=1S/C13H21NOS/c1-10(9-15)14-13(11-5-2-3-6-11)12-7-4-8-16-12/h4,7-8,10-11,13-15H,2-3,5-6,9H2,1H3/t10-,13-/m1/s1. The second-order valence-corrected chi connectivity index (χ2v) is 5.77. The number of aliphatic hydroxyl groups is 1. The van der Waals surface area contributed by atoms with E-state index in [-0.39, 0.29) is 12.6 Å². The van der Waals surface area contributed by atoms with Gasteiger partial charge in [0.1, 0.15) is 0 Å². The number of nitrogens with one attached hydrogen (secondary N) is 1. The molecule has 1 saturated carbocycles. The van der Waals surface area contributed by atoms with Crippen LogP contribution in [0.3, 0.4) is 0 Å². The summed E-state index contributed by atoms with van der Waals surface area (Å²) < 4.78 is 0. The zero-order valence-corrected chi connectivity index (χ0v) is 10.7. The van der Waals surface area contributed by atoms with Gasteiger partial charge in [0.05, 0.1) is 6.61 Å². The Morgan fingerprint density at radius 3 is 2.81 bits per heavy atom. The molecule has 0 aromatic carbocycles. The third-order valence-corrected chi connectivity index (χ3v) is 4.41. The Labute approximate surface area is 102 Å². The summed E-state index contributed by atoms with van der Waals surface area (Å²) in [6, 6.07) is 4.97. The fraction of sp³-hybridized carbons (Fsp3) is 0.692. The van der Waals surface area contributed by atoms with Crippen molar-refractivity contribution in [2.75, 3.05) is 6.61 Å². The number of hydrogen-bond donors (Lipinski definition) is 2. The van der Waals surface area contributed by atoms with E-state index in [1.54, 1.807) is 0 Å². The lowest BCUT2D eigenvalue weighted by molar-refractivity contribution is 0.225. The van der Waals surface area contributed by atoms with E-state index in [2.05, 4.69) is 29.8 Å². The number of thiophene rings is 1. The summed E-state index contributed by atoms with van der Waals surface area (Å²) in [5.41, 5.74) is 0. The topological polar surface area (TPSA) is 32.3 Å². The molecule has 1 heterocycles. The summed E-state index contributed by atoms with van der Waals surface area (Å²) in [4.78, 5) is 1.42. The second kappa shape index (κ2) is 5.80. The molecule has 0 spiro atoms. The first-order chi connectivity index (χ1) is 7.81. The van der Waals surface area contributed by atoms with Crippen LogP contribution < -0.4 is 5.32 Å². The summed E-state index contributed by atoms with van der Waals surface area (Å²) in [6.07, 6.45) is 5.38. The maximum atomic E-state index is 9.16. The van der Waals surface area contributed by atoms with E-state index in [9.17, 15) is 0 Å². The normalized spacial score (nSPS) is 21.1. The predicted molar refractivity (Wildman–Crippen MR) is 68.7 cm³/mol. The van der Waals surface area contributed by atoms with E-state index >= 15 is 0 Å². The Bertz CT molecular complexity index is 293. The van der Waals surface area contributed by atoms with Crippen LogP contribution in [0.15, 0.2) is 17.5 Å². The number of aliphatic hydroxyl groups excluding tert-OH is 1. The summed E-state index contributed by atoms with van der Waals surface area (Å²) in [5, 5.41) is 14.9. The summed E-state index contributed by atoms with van der Waals surface area (Å²) in [6.45, 7) is 2.27. The van der Waals surface area contributed by atoms with Crippen LogP contribution in [0.1, 0.15) is 43.5 Å². The molecule has 0 aliphatic heterocycles. The van der Waals surface area contributed by atoms with Crippen molar-refractivity contribution in [3.05, 3.63) is 22.4 Å². The van der Waals surface area contributed by atoms with Crippen molar-refractivity contribution in [2.24, 2.45) is 5.92 Å². The molecule has 1 aliphatic carbocycles. The number of hydrogen-bond acceptors (Lipinski definition) is 3. The molecule has 0 unspecified atom stereocenters. The molecule has 3 heteroatoms. The first kappa shape index (κ1) is 12.1. The largest absolute Gasteiger partial charge is 0.395 e. The smallest absolute Gasteiger partial charge is 0.0582 e. The Morgan fingerprint density at radius 1 is 1.50 bits per heavy atom. The minimum absolute atomic E-state index is 0.188. The molecule has 0 amide bonds. The van der Waals surface area contributed by atoms with Gasteiger partial charge < -0.3 is 10.4 Å². The molecule has 1 aliphatic rings. The Kier molecular flexibility index (Phi) is 4.38. The average Bonchev–Trinajstić information content (AvgIpc) is 2.97. The SMILES string of the molecule is C[C@H](CO)N[C@@H](c1cccs1)C1CCCC1. The molecule has 1 fully saturated rings. The minimum Gasteiger partial charge on any atom is -0.395 e. The average molecular weight is 239 g/mol. The van der Waals surface area contributed by atoms with Gasteiger partial charge in [0, 0.05) is 17.0 Å². The molecule has 0 saturated heterocycles. The van der Waals surface area contributed by atoms with Crippen molar-refractivity contribution in [3.63, 3.8) is 0 Å². The zero-order chi connectivity index (χ0) is 11.4. The third kappa shape index (κ3) is 2.84. The van der Waals surface area contributed by atoms with Crippen molar-refractivity contribution >= 4 is 11.3 Å². The van der Waals surface area contributed by atoms with Crippen LogP contribution >= 0.6 is 11.3 Å². The zero-order valence-electron chi connectivity index (χ0n) is 9.86. The van der Waals surface area contributed by atoms with Gasteiger partial charge in [0.25, 0.3) is 0 Å². The molecule has 0 radical (unpaired) electrons. The molecule has 90 valence electrons. The monoisotopic (exact) mass is 239 g/mol. The minimum atomic E-state index is 0.188. The Hall–Kier alpha value is -0.380. The summed E-state index contributed by atoms with van der Waals surface area (Å²) in [5.74, 6) is 0.757. The molecule has 1 aromatic rings. The first-order valence-corrected chi connectivity index (χ1v) is 7.09. The van der Waals surface area contributed by atoms with Gasteiger partial charge in [0.15, 0.2) is 0 Å². The van der Waals surface area contributed by atoms with Crippen LogP contribution in [0.2, 0.25) is 0 Å². The summed E-state index contributed by atoms with van der Waals surface area (Å²) >= 11 is 1.83. The number of rotatable bonds is 5. The van der Waals surface area contributed by atoms with Crippen LogP contribution in [-0.4, -0.2) is 17.8 Å². The van der Waals surface area contributed by atoms with Gasteiger partial charge in [-0.2, -0.15) is 0 Å². The third-order valence-electron chi connectivity index (χ3n) is 3.46. The molecule has 1 aromatic heterocycles. The van der Waals surface area contributed by atoms with Gasteiger partial charge in [-0.3, -0.25) is 0 Å². The van der Waals surface area contributed by atoms with Gasteiger partial charge in [-0.1, -0.05) is 18.9 Å². The molecule has 0 bridgehead atoms. The van der Waals surface area contributed by atoms with E-state index in [0.717, 1.165) is 5.92 Å². The molecule has 2 nitrogen and oxygen atoms in total. The highest BCUT2D eigenvalue weighted by molar-refractivity contribution is 7.10. The lowest BCUT2D eigenvalue weighted by Crippen LogP contribution is -2.36. The van der Waals surface area contributed by atoms with Crippen molar-refractivity contribution < 1.29 is 5.11 Å². The van der Waals surface area contributed by atoms with E-state index in [4.69, 9.17) is 5.11 Å². The second-order valence-electron chi connectivity index (χ2n) is 4.79. The fourth-order valence-corrected chi connectivity index (χ4v) is 3.45. The van der Waals surface area contributed by atoms with Crippen molar-refractivity contribution in [1.82, 2.24) is 5.32 Å². The maximum absolute atomic E-state index is 9.16. The molecular weight excluding hydrogens is 218 g/mol. The molecular formula is C13H21NOS. The first-order valence-electron chi connectivity index (χ1n) is 6.21. The highest BCUT2D eigenvalue weighted by atomic mass is 32.1. The van der Waals surface area contributed by atoms with Gasteiger partial charge in [-0.05, 0) is 37.1 Å². The van der Waals surface area contributed by atoms with Crippen LogP contribution in [0.25, 0.3) is 0 Å². The van der Waals surface area contributed by atoms with E-state index in [1.807, 2.05) is 11.3 Å². The molecule has 2 N–H and O–H groups in total. The van der Waals surface area contributed by atoms with Gasteiger partial charge in [-0.25, -0.2) is 0 Å². The van der Waals surface area contributed by atoms with E-state index in [0.29, 0.717) is 6.04 Å². The van der Waals surface area contributed by atoms with Crippen LogP contribution in [0.5, 0.6) is 0 Å². The lowest BCUT2D eigenvalue weighted by Gasteiger charge is -2.26. The highest BCUT2D eigenvalue weighted by Gasteiger charge is 2.27. The van der Waals surface area contributed by atoms with Crippen LogP contribution in [0.4, 0.5) is 0 Å². The van der Waals surface area contributed by atoms with Crippen LogP contribution in [-0.2, 0) is 0 Å².